The number of carbonyl (C=O) groups excluding carboxylic acids is 1. The Morgan fingerprint density at radius 1 is 1.11 bits per heavy atom. The van der Waals surface area contributed by atoms with Crippen molar-refractivity contribution in [3.63, 3.8) is 0 Å². The van der Waals surface area contributed by atoms with Crippen molar-refractivity contribution in [2.75, 3.05) is 16.8 Å². The molecule has 1 aliphatic heterocycles. The Kier molecular flexibility index (Phi) is 4.92. The van der Waals surface area contributed by atoms with Crippen LogP contribution in [0.25, 0.3) is 0 Å². The van der Waals surface area contributed by atoms with Gasteiger partial charge in [-0.25, -0.2) is 0 Å². The first kappa shape index (κ1) is 18.3. The lowest BCUT2D eigenvalue weighted by Gasteiger charge is -2.31. The van der Waals surface area contributed by atoms with E-state index in [0.29, 0.717) is 11.3 Å². The summed E-state index contributed by atoms with van der Waals surface area (Å²) in [6, 6.07) is 17.4. The smallest absolute Gasteiger partial charge is 0.269 e. The van der Waals surface area contributed by atoms with Crippen molar-refractivity contribution >= 4 is 34.6 Å². The largest absolute Gasteiger partial charge is 0.341 e. The number of pyridine rings is 1. The summed E-state index contributed by atoms with van der Waals surface area (Å²) in [5.41, 5.74) is 4.36. The number of aromatic nitrogens is 1. The van der Waals surface area contributed by atoms with Crippen LogP contribution in [-0.2, 0) is 13.5 Å². The average Bonchev–Trinajstić information content (AvgIpc) is 2.71. The summed E-state index contributed by atoms with van der Waals surface area (Å²) in [5.74, 6) is -0.250. The summed E-state index contributed by atoms with van der Waals surface area (Å²) in [5, 5.41) is 2.85. The van der Waals surface area contributed by atoms with Gasteiger partial charge in [-0.1, -0.05) is 29.8 Å². The molecule has 0 spiro atoms. The molecule has 4 rings (SSSR count). The van der Waals surface area contributed by atoms with E-state index in [1.807, 2.05) is 24.3 Å². The van der Waals surface area contributed by atoms with Crippen LogP contribution in [0.15, 0.2) is 65.6 Å². The van der Waals surface area contributed by atoms with E-state index in [-0.39, 0.29) is 16.5 Å². The van der Waals surface area contributed by atoms with Crippen LogP contribution in [0.1, 0.15) is 22.3 Å². The molecule has 0 saturated heterocycles. The van der Waals surface area contributed by atoms with E-state index in [1.165, 1.54) is 21.9 Å². The van der Waals surface area contributed by atoms with Gasteiger partial charge in [0.05, 0.1) is 5.69 Å². The molecule has 1 aliphatic rings. The summed E-state index contributed by atoms with van der Waals surface area (Å²) in [4.78, 5) is 26.5. The third-order valence-corrected chi connectivity index (χ3v) is 5.22. The van der Waals surface area contributed by atoms with Crippen LogP contribution in [-0.4, -0.2) is 17.0 Å². The second-order valence-electron chi connectivity index (χ2n) is 6.88. The Bertz CT molecular complexity index is 1060. The SMILES string of the molecule is Cn1cc(NC(=O)c2ccc(N3CCCc4ccccc43)cc2)cc(Cl)c1=O. The summed E-state index contributed by atoms with van der Waals surface area (Å²) >= 11 is 5.91. The highest BCUT2D eigenvalue weighted by Gasteiger charge is 2.18. The van der Waals surface area contributed by atoms with Crippen LogP contribution in [0.5, 0.6) is 0 Å². The van der Waals surface area contributed by atoms with Gasteiger partial charge in [-0.15, -0.1) is 0 Å². The third-order valence-electron chi connectivity index (χ3n) is 4.95. The second-order valence-corrected chi connectivity index (χ2v) is 7.28. The summed E-state index contributed by atoms with van der Waals surface area (Å²) in [6.45, 7) is 0.957. The molecule has 1 aromatic heterocycles. The second kappa shape index (κ2) is 7.52. The van der Waals surface area contributed by atoms with Crippen molar-refractivity contribution in [2.24, 2.45) is 7.05 Å². The Labute approximate surface area is 168 Å². The minimum Gasteiger partial charge on any atom is -0.341 e. The molecule has 0 atom stereocenters. The van der Waals surface area contributed by atoms with Crippen LogP contribution in [0.2, 0.25) is 5.02 Å². The first-order valence-corrected chi connectivity index (χ1v) is 9.54. The first-order chi connectivity index (χ1) is 13.5. The van der Waals surface area contributed by atoms with E-state index in [9.17, 15) is 9.59 Å². The fourth-order valence-corrected chi connectivity index (χ4v) is 3.79. The molecule has 2 heterocycles. The number of amides is 1. The number of carbonyl (C=O) groups is 1. The van der Waals surface area contributed by atoms with Crippen LogP contribution < -0.4 is 15.8 Å². The summed E-state index contributed by atoms with van der Waals surface area (Å²) < 4.78 is 1.34. The lowest BCUT2D eigenvalue weighted by molar-refractivity contribution is 0.102. The van der Waals surface area contributed by atoms with Gasteiger partial charge in [0, 0.05) is 36.7 Å². The predicted molar refractivity (Wildman–Crippen MR) is 113 cm³/mol. The van der Waals surface area contributed by atoms with Crippen LogP contribution in [0.3, 0.4) is 0 Å². The van der Waals surface area contributed by atoms with Gasteiger partial charge < -0.3 is 14.8 Å². The van der Waals surface area contributed by atoms with Crippen LogP contribution in [0.4, 0.5) is 17.1 Å². The molecule has 3 aromatic rings. The highest BCUT2D eigenvalue weighted by molar-refractivity contribution is 6.30. The number of para-hydroxylation sites is 1. The number of nitrogens with zero attached hydrogens (tertiary/aromatic N) is 2. The molecule has 28 heavy (non-hydrogen) atoms. The molecule has 6 heteroatoms. The lowest BCUT2D eigenvalue weighted by atomic mass is 10.0. The molecule has 1 N–H and O–H groups in total. The van der Waals surface area contributed by atoms with E-state index in [4.69, 9.17) is 11.6 Å². The quantitative estimate of drug-likeness (QED) is 0.718. The number of hydrogen-bond acceptors (Lipinski definition) is 3. The number of halogens is 1. The number of rotatable bonds is 3. The summed E-state index contributed by atoms with van der Waals surface area (Å²) in [7, 11) is 1.59. The van der Waals surface area contributed by atoms with E-state index < -0.39 is 0 Å². The molecular formula is C22H20ClN3O2. The van der Waals surface area contributed by atoms with Crippen molar-refractivity contribution in [2.45, 2.75) is 12.8 Å². The van der Waals surface area contributed by atoms with Crippen molar-refractivity contribution in [1.82, 2.24) is 4.57 Å². The van der Waals surface area contributed by atoms with Gasteiger partial charge >= 0.3 is 0 Å². The summed E-state index contributed by atoms with van der Waals surface area (Å²) in [6.07, 6.45) is 3.74. The van der Waals surface area contributed by atoms with E-state index >= 15 is 0 Å². The van der Waals surface area contributed by atoms with Gasteiger partial charge in [0.2, 0.25) is 0 Å². The number of hydrogen-bond donors (Lipinski definition) is 1. The zero-order valence-electron chi connectivity index (χ0n) is 15.5. The number of anilines is 3. The maximum atomic E-state index is 12.6. The topological polar surface area (TPSA) is 54.3 Å². The Morgan fingerprint density at radius 2 is 1.86 bits per heavy atom. The predicted octanol–water partition coefficient (Wildman–Crippen LogP) is 4.38. The minimum absolute atomic E-state index is 0.0689. The van der Waals surface area contributed by atoms with E-state index in [2.05, 4.69) is 34.5 Å². The van der Waals surface area contributed by atoms with E-state index in [1.54, 1.807) is 13.2 Å². The van der Waals surface area contributed by atoms with Gasteiger partial charge in [-0.3, -0.25) is 9.59 Å². The van der Waals surface area contributed by atoms with E-state index in [0.717, 1.165) is 25.1 Å². The molecule has 1 amide bonds. The number of fused-ring (bicyclic) bond motifs is 1. The molecule has 0 bridgehead atoms. The molecule has 142 valence electrons. The molecule has 0 saturated carbocycles. The van der Waals surface area contributed by atoms with Gasteiger partial charge in [-0.2, -0.15) is 0 Å². The molecule has 2 aromatic carbocycles. The van der Waals surface area contributed by atoms with Gasteiger partial charge in [0.15, 0.2) is 0 Å². The molecular weight excluding hydrogens is 374 g/mol. The van der Waals surface area contributed by atoms with Crippen molar-refractivity contribution in [1.29, 1.82) is 0 Å². The molecule has 0 radical (unpaired) electrons. The Hall–Kier alpha value is -3.05. The highest BCUT2D eigenvalue weighted by Crippen LogP contribution is 2.33. The molecule has 0 aliphatic carbocycles. The van der Waals surface area contributed by atoms with Gasteiger partial charge in [-0.05, 0) is 54.8 Å². The first-order valence-electron chi connectivity index (χ1n) is 9.16. The zero-order chi connectivity index (χ0) is 19.7. The number of aryl methyl sites for hydroxylation is 2. The lowest BCUT2D eigenvalue weighted by Crippen LogP contribution is -2.24. The molecule has 0 fully saturated rings. The normalized spacial score (nSPS) is 13.1. The van der Waals surface area contributed by atoms with Gasteiger partial charge in [0.25, 0.3) is 11.5 Å². The zero-order valence-corrected chi connectivity index (χ0v) is 16.2. The van der Waals surface area contributed by atoms with Crippen molar-refractivity contribution < 1.29 is 4.79 Å². The number of nitrogens with one attached hydrogen (secondary N) is 1. The molecule has 0 unspecified atom stereocenters. The minimum atomic E-state index is -0.300. The fourth-order valence-electron chi connectivity index (χ4n) is 3.54. The Morgan fingerprint density at radius 3 is 2.61 bits per heavy atom. The maximum Gasteiger partial charge on any atom is 0.269 e. The number of benzene rings is 2. The highest BCUT2D eigenvalue weighted by atomic mass is 35.5. The van der Waals surface area contributed by atoms with Crippen molar-refractivity contribution in [3.05, 3.63) is 87.3 Å². The Balaban J connectivity index is 1.54. The third kappa shape index (κ3) is 3.53. The monoisotopic (exact) mass is 393 g/mol. The van der Waals surface area contributed by atoms with Crippen molar-refractivity contribution in [3.8, 4) is 0 Å². The van der Waals surface area contributed by atoms with Crippen LogP contribution in [0, 0.1) is 0 Å². The van der Waals surface area contributed by atoms with Gasteiger partial charge in [0.1, 0.15) is 5.02 Å². The average molecular weight is 394 g/mol. The maximum absolute atomic E-state index is 12.6. The fraction of sp³-hybridized carbons (Fsp3) is 0.182. The standard InChI is InChI=1S/C22H20ClN3O2/c1-25-14-17(13-19(23)22(25)28)24-21(27)16-8-10-18(11-9-16)26-12-4-6-15-5-2-3-7-20(15)26/h2-3,5,7-11,13-14H,4,6,12H2,1H3,(H,24,27). The van der Waals surface area contributed by atoms with Crippen LogP contribution >= 0.6 is 11.6 Å². The molecule has 5 nitrogen and oxygen atoms in total.